The highest BCUT2D eigenvalue weighted by atomic mass is 32.1. The first-order valence-electron chi connectivity index (χ1n) is 5.10. The molecule has 0 aliphatic rings. The molecule has 0 unspecified atom stereocenters. The maximum atomic E-state index is 11.8. The van der Waals surface area contributed by atoms with Gasteiger partial charge in [0.1, 0.15) is 13.1 Å². The standard InChI is InChI=1S/C10H14N2O4S/c1-3-11(5-9(14)15)8(13)4-12-7(2)6-17-10(12)16/h6H,3-5H2,1-2H3,(H,14,15). The van der Waals surface area contributed by atoms with E-state index in [9.17, 15) is 14.4 Å². The van der Waals surface area contributed by atoms with Gasteiger partial charge >= 0.3 is 10.8 Å². The number of amides is 1. The molecule has 0 spiro atoms. The van der Waals surface area contributed by atoms with Crippen LogP contribution in [0, 0.1) is 6.92 Å². The van der Waals surface area contributed by atoms with Crippen molar-refractivity contribution in [3.63, 3.8) is 0 Å². The summed E-state index contributed by atoms with van der Waals surface area (Å²) in [6.07, 6.45) is 0. The van der Waals surface area contributed by atoms with Crippen molar-refractivity contribution in [2.45, 2.75) is 20.4 Å². The summed E-state index contributed by atoms with van der Waals surface area (Å²) in [4.78, 5) is 34.7. The quantitative estimate of drug-likeness (QED) is 0.815. The second-order valence-electron chi connectivity index (χ2n) is 3.53. The number of carboxylic acid groups (broad SMARTS) is 1. The molecule has 0 aromatic carbocycles. The minimum atomic E-state index is -1.06. The van der Waals surface area contributed by atoms with Crippen molar-refractivity contribution >= 4 is 23.2 Å². The fourth-order valence-corrected chi connectivity index (χ4v) is 2.11. The topological polar surface area (TPSA) is 79.6 Å². The lowest BCUT2D eigenvalue weighted by Gasteiger charge is -2.18. The number of carbonyl (C=O) groups is 2. The molecule has 1 rings (SSSR count). The highest BCUT2D eigenvalue weighted by Gasteiger charge is 2.16. The van der Waals surface area contributed by atoms with Gasteiger partial charge in [-0.3, -0.25) is 19.0 Å². The molecule has 6 nitrogen and oxygen atoms in total. The van der Waals surface area contributed by atoms with Gasteiger partial charge in [-0.05, 0) is 13.8 Å². The van der Waals surface area contributed by atoms with Crippen molar-refractivity contribution in [3.8, 4) is 0 Å². The average molecular weight is 258 g/mol. The summed E-state index contributed by atoms with van der Waals surface area (Å²) in [5.41, 5.74) is 0.708. The number of thiazole rings is 1. The molecule has 0 atom stereocenters. The molecule has 1 aromatic rings. The van der Waals surface area contributed by atoms with Crippen LogP contribution in [-0.2, 0) is 16.1 Å². The summed E-state index contributed by atoms with van der Waals surface area (Å²) in [6.45, 7) is 3.30. The van der Waals surface area contributed by atoms with E-state index in [2.05, 4.69) is 0 Å². The van der Waals surface area contributed by atoms with E-state index in [0.29, 0.717) is 12.2 Å². The van der Waals surface area contributed by atoms with Gasteiger partial charge in [-0.1, -0.05) is 11.3 Å². The number of hydrogen-bond donors (Lipinski definition) is 1. The molecule has 17 heavy (non-hydrogen) atoms. The summed E-state index contributed by atoms with van der Waals surface area (Å²) in [6, 6.07) is 0. The van der Waals surface area contributed by atoms with Crippen LogP contribution >= 0.6 is 11.3 Å². The summed E-state index contributed by atoms with van der Waals surface area (Å²) in [5, 5.41) is 10.3. The number of likely N-dealkylation sites (N-methyl/N-ethyl adjacent to an activating group) is 1. The Morgan fingerprint density at radius 3 is 2.59 bits per heavy atom. The summed E-state index contributed by atoms with van der Waals surface area (Å²) in [7, 11) is 0. The monoisotopic (exact) mass is 258 g/mol. The highest BCUT2D eigenvalue weighted by Crippen LogP contribution is 2.01. The van der Waals surface area contributed by atoms with E-state index in [1.807, 2.05) is 0 Å². The lowest BCUT2D eigenvalue weighted by atomic mass is 10.4. The summed E-state index contributed by atoms with van der Waals surface area (Å²) in [5.74, 6) is -1.42. The third-order valence-corrected chi connectivity index (χ3v) is 3.21. The van der Waals surface area contributed by atoms with E-state index >= 15 is 0 Å². The van der Waals surface area contributed by atoms with Crippen LogP contribution in [0.25, 0.3) is 0 Å². The number of aliphatic carboxylic acids is 1. The van der Waals surface area contributed by atoms with Gasteiger partial charge in [-0.15, -0.1) is 0 Å². The minimum absolute atomic E-state index is 0.102. The Hall–Kier alpha value is -1.63. The van der Waals surface area contributed by atoms with Crippen LogP contribution in [0.3, 0.4) is 0 Å². The first-order chi connectivity index (χ1) is 7.95. The first kappa shape index (κ1) is 13.4. The second kappa shape index (κ2) is 5.62. The number of aromatic nitrogens is 1. The third kappa shape index (κ3) is 3.42. The summed E-state index contributed by atoms with van der Waals surface area (Å²) < 4.78 is 1.34. The molecule has 1 heterocycles. The molecule has 0 bridgehead atoms. The second-order valence-corrected chi connectivity index (χ2v) is 4.35. The van der Waals surface area contributed by atoms with E-state index in [0.717, 1.165) is 11.3 Å². The van der Waals surface area contributed by atoms with Crippen molar-refractivity contribution in [2.75, 3.05) is 13.1 Å². The fraction of sp³-hybridized carbons (Fsp3) is 0.500. The van der Waals surface area contributed by atoms with E-state index in [1.165, 1.54) is 9.47 Å². The third-order valence-electron chi connectivity index (χ3n) is 2.33. The van der Waals surface area contributed by atoms with Crippen LogP contribution in [0.5, 0.6) is 0 Å². The van der Waals surface area contributed by atoms with Gasteiger partial charge in [-0.25, -0.2) is 0 Å². The molecule has 0 fully saturated rings. The number of rotatable bonds is 5. The van der Waals surface area contributed by atoms with Gasteiger partial charge in [0.05, 0.1) is 0 Å². The predicted molar refractivity (Wildman–Crippen MR) is 63.2 cm³/mol. The predicted octanol–water partition coefficient (Wildman–Crippen LogP) is 0.151. The zero-order chi connectivity index (χ0) is 13.0. The largest absolute Gasteiger partial charge is 0.480 e. The molecule has 1 aromatic heterocycles. The Labute approximate surface area is 102 Å². The fourth-order valence-electron chi connectivity index (χ4n) is 1.37. The number of aryl methyl sites for hydroxylation is 1. The molecule has 7 heteroatoms. The van der Waals surface area contributed by atoms with Crippen LogP contribution in [0.1, 0.15) is 12.6 Å². The van der Waals surface area contributed by atoms with Gasteiger partial charge in [0.25, 0.3) is 0 Å². The van der Waals surface area contributed by atoms with Crippen molar-refractivity contribution in [1.29, 1.82) is 0 Å². The van der Waals surface area contributed by atoms with Gasteiger partial charge in [0.2, 0.25) is 5.91 Å². The lowest BCUT2D eigenvalue weighted by molar-refractivity contribution is -0.144. The van der Waals surface area contributed by atoms with E-state index in [4.69, 9.17) is 5.11 Å². The Morgan fingerprint density at radius 1 is 1.53 bits per heavy atom. The number of nitrogens with zero attached hydrogens (tertiary/aromatic N) is 2. The maximum absolute atomic E-state index is 11.8. The number of hydrogen-bond acceptors (Lipinski definition) is 4. The lowest BCUT2D eigenvalue weighted by Crippen LogP contribution is -2.39. The molecular weight excluding hydrogens is 244 g/mol. The van der Waals surface area contributed by atoms with Crippen LogP contribution < -0.4 is 4.87 Å². The van der Waals surface area contributed by atoms with Crippen LogP contribution in [0.15, 0.2) is 10.2 Å². The van der Waals surface area contributed by atoms with Crippen molar-refractivity contribution in [1.82, 2.24) is 9.47 Å². The molecule has 0 aliphatic heterocycles. The van der Waals surface area contributed by atoms with Gasteiger partial charge < -0.3 is 10.0 Å². The Kier molecular flexibility index (Phi) is 4.45. The first-order valence-corrected chi connectivity index (χ1v) is 5.98. The molecule has 94 valence electrons. The van der Waals surface area contributed by atoms with Crippen LogP contribution in [0.4, 0.5) is 0 Å². The maximum Gasteiger partial charge on any atom is 0.323 e. The number of carbonyl (C=O) groups excluding carboxylic acids is 1. The Balaban J connectivity index is 2.77. The van der Waals surface area contributed by atoms with Gasteiger partial charge in [0.15, 0.2) is 0 Å². The number of carboxylic acids is 1. The van der Waals surface area contributed by atoms with Crippen LogP contribution in [0.2, 0.25) is 0 Å². The minimum Gasteiger partial charge on any atom is -0.480 e. The molecule has 0 saturated heterocycles. The Morgan fingerprint density at radius 2 is 2.18 bits per heavy atom. The molecule has 0 aliphatic carbocycles. The van der Waals surface area contributed by atoms with E-state index in [1.54, 1.807) is 19.2 Å². The zero-order valence-corrected chi connectivity index (χ0v) is 10.5. The van der Waals surface area contributed by atoms with E-state index in [-0.39, 0.29) is 23.9 Å². The Bertz CT molecular complexity index is 477. The van der Waals surface area contributed by atoms with Gasteiger partial charge in [0, 0.05) is 17.6 Å². The highest BCUT2D eigenvalue weighted by molar-refractivity contribution is 7.07. The van der Waals surface area contributed by atoms with Crippen LogP contribution in [-0.4, -0.2) is 39.5 Å². The SMILES string of the molecule is CCN(CC(=O)O)C(=O)Cn1c(C)csc1=O. The smallest absolute Gasteiger partial charge is 0.323 e. The molecule has 1 amide bonds. The van der Waals surface area contributed by atoms with Gasteiger partial charge in [-0.2, -0.15) is 0 Å². The van der Waals surface area contributed by atoms with E-state index < -0.39 is 5.97 Å². The molecule has 1 N–H and O–H groups in total. The summed E-state index contributed by atoms with van der Waals surface area (Å²) >= 11 is 1.03. The molecular formula is C10H14N2O4S. The van der Waals surface area contributed by atoms with Crippen molar-refractivity contribution in [2.24, 2.45) is 0 Å². The average Bonchev–Trinajstić information content (AvgIpc) is 2.57. The van der Waals surface area contributed by atoms with Crippen molar-refractivity contribution in [3.05, 3.63) is 20.7 Å². The normalized spacial score (nSPS) is 10.2. The zero-order valence-electron chi connectivity index (χ0n) is 9.67. The van der Waals surface area contributed by atoms with Crippen molar-refractivity contribution < 1.29 is 14.7 Å². The molecule has 0 saturated carbocycles. The molecule has 0 radical (unpaired) electrons.